The second-order valence-electron chi connectivity index (χ2n) is 6.95. The first-order valence-electron chi connectivity index (χ1n) is 9.36. The Hall–Kier alpha value is -2.50. The van der Waals surface area contributed by atoms with E-state index in [1.807, 2.05) is 6.92 Å². The average Bonchev–Trinajstić information content (AvgIpc) is 2.59. The summed E-state index contributed by atoms with van der Waals surface area (Å²) in [6.45, 7) is 13.5. The van der Waals surface area contributed by atoms with Crippen molar-refractivity contribution in [3.63, 3.8) is 0 Å². The van der Waals surface area contributed by atoms with E-state index in [0.29, 0.717) is 31.4 Å². The number of carbonyl (C=O) groups is 4. The Balaban J connectivity index is 4.58. The number of Topliss-reactive ketones (excluding diaryl/α,β-unsaturated/α-hetero) is 3. The predicted molar refractivity (Wildman–Crippen MR) is 108 cm³/mol. The van der Waals surface area contributed by atoms with Gasteiger partial charge in [0.25, 0.3) is 0 Å². The number of ketones is 3. The summed E-state index contributed by atoms with van der Waals surface area (Å²) in [6.07, 6.45) is 3.76. The van der Waals surface area contributed by atoms with E-state index in [2.05, 4.69) is 13.2 Å². The van der Waals surface area contributed by atoms with Crippen LogP contribution in [0.3, 0.4) is 0 Å². The second kappa shape index (κ2) is 13.6. The molecule has 0 aliphatic heterocycles. The zero-order valence-corrected chi connectivity index (χ0v) is 17.4. The molecule has 0 aromatic rings. The van der Waals surface area contributed by atoms with Crippen LogP contribution < -0.4 is 0 Å². The maximum absolute atomic E-state index is 11.8. The lowest BCUT2D eigenvalue weighted by Crippen LogP contribution is -2.25. The summed E-state index contributed by atoms with van der Waals surface area (Å²) < 4.78 is 10.7. The molecule has 0 saturated carbocycles. The summed E-state index contributed by atoms with van der Waals surface area (Å²) in [5.41, 5.74) is 0.872. The first-order valence-corrected chi connectivity index (χ1v) is 9.36. The molecule has 6 nitrogen and oxygen atoms in total. The van der Waals surface area contributed by atoms with E-state index in [-0.39, 0.29) is 30.2 Å². The van der Waals surface area contributed by atoms with Gasteiger partial charge in [0, 0.05) is 32.1 Å². The van der Waals surface area contributed by atoms with Crippen molar-refractivity contribution in [2.75, 3.05) is 0 Å². The molecule has 2 atom stereocenters. The van der Waals surface area contributed by atoms with E-state index in [9.17, 15) is 19.2 Å². The van der Waals surface area contributed by atoms with Crippen LogP contribution in [-0.2, 0) is 28.7 Å². The number of allylic oxidation sites excluding steroid dienone is 2. The normalized spacial score (nSPS) is 12.9. The molecule has 0 heterocycles. The molecule has 0 unspecified atom stereocenters. The van der Waals surface area contributed by atoms with Crippen molar-refractivity contribution >= 4 is 23.3 Å². The summed E-state index contributed by atoms with van der Waals surface area (Å²) >= 11 is 0. The largest absolute Gasteiger partial charge is 0.487 e. The number of hydrogen-bond donors (Lipinski definition) is 0. The van der Waals surface area contributed by atoms with Gasteiger partial charge < -0.3 is 14.3 Å². The lowest BCUT2D eigenvalue weighted by Gasteiger charge is -2.17. The van der Waals surface area contributed by atoms with E-state index in [1.165, 1.54) is 20.8 Å². The Morgan fingerprint density at radius 2 is 1.25 bits per heavy atom. The lowest BCUT2D eigenvalue weighted by atomic mass is 10.1. The quantitative estimate of drug-likeness (QED) is 0.237. The van der Waals surface area contributed by atoms with Crippen molar-refractivity contribution in [2.45, 2.75) is 78.4 Å². The summed E-state index contributed by atoms with van der Waals surface area (Å²) in [6, 6.07) is 0. The maximum Gasteiger partial charge on any atom is 0.306 e. The lowest BCUT2D eigenvalue weighted by molar-refractivity contribution is -0.154. The van der Waals surface area contributed by atoms with Crippen LogP contribution in [0.1, 0.15) is 66.2 Å². The smallest absolute Gasteiger partial charge is 0.306 e. The molecular formula is C22H32O6. The van der Waals surface area contributed by atoms with Crippen LogP contribution in [0.4, 0.5) is 0 Å². The Bertz CT molecular complexity index is 575. The summed E-state index contributed by atoms with van der Waals surface area (Å²) in [7, 11) is 0. The Labute approximate surface area is 167 Å². The Morgan fingerprint density at radius 1 is 0.750 bits per heavy atom. The van der Waals surface area contributed by atoms with Gasteiger partial charge in [0.2, 0.25) is 0 Å². The van der Waals surface area contributed by atoms with Gasteiger partial charge in [-0.2, -0.15) is 0 Å². The van der Waals surface area contributed by atoms with E-state index in [4.69, 9.17) is 9.47 Å². The van der Waals surface area contributed by atoms with Crippen molar-refractivity contribution in [2.24, 2.45) is 0 Å². The second-order valence-corrected chi connectivity index (χ2v) is 6.95. The van der Waals surface area contributed by atoms with Gasteiger partial charge in [-0.15, -0.1) is 6.58 Å². The van der Waals surface area contributed by atoms with Crippen LogP contribution in [0.15, 0.2) is 36.6 Å². The molecular weight excluding hydrogens is 360 g/mol. The van der Waals surface area contributed by atoms with Crippen LogP contribution in [0.2, 0.25) is 0 Å². The molecule has 0 aliphatic carbocycles. The highest BCUT2D eigenvalue weighted by Gasteiger charge is 2.19. The molecule has 0 aliphatic rings. The van der Waals surface area contributed by atoms with Crippen LogP contribution in [0.5, 0.6) is 0 Å². The molecule has 0 spiro atoms. The van der Waals surface area contributed by atoms with Gasteiger partial charge in [-0.3, -0.25) is 14.4 Å². The fraction of sp³-hybridized carbons (Fsp3) is 0.545. The van der Waals surface area contributed by atoms with Crippen molar-refractivity contribution in [3.8, 4) is 0 Å². The third-order valence-electron chi connectivity index (χ3n) is 3.87. The SMILES string of the molecule is C=C(C)CCC(=O)O[C@@H](C/C=C/C[C@H](OC(=C)CCC(C)=O)C(C)=O)C(C)=O. The van der Waals surface area contributed by atoms with Gasteiger partial charge in [0.1, 0.15) is 5.78 Å². The van der Waals surface area contributed by atoms with Gasteiger partial charge in [-0.05, 0) is 34.1 Å². The number of rotatable bonds is 15. The summed E-state index contributed by atoms with van der Waals surface area (Å²) in [5, 5.41) is 0. The van der Waals surface area contributed by atoms with Gasteiger partial charge in [-0.1, -0.05) is 24.3 Å². The van der Waals surface area contributed by atoms with Gasteiger partial charge in [-0.25, -0.2) is 0 Å². The average molecular weight is 392 g/mol. The minimum atomic E-state index is -0.851. The van der Waals surface area contributed by atoms with Gasteiger partial charge in [0.15, 0.2) is 23.8 Å². The van der Waals surface area contributed by atoms with E-state index in [1.54, 1.807) is 12.2 Å². The molecule has 0 saturated heterocycles. The van der Waals surface area contributed by atoms with Crippen LogP contribution in [0, 0.1) is 0 Å². The number of esters is 1. The minimum Gasteiger partial charge on any atom is -0.487 e. The van der Waals surface area contributed by atoms with Gasteiger partial charge >= 0.3 is 5.97 Å². The topological polar surface area (TPSA) is 86.7 Å². The summed E-state index contributed by atoms with van der Waals surface area (Å²) in [4.78, 5) is 46.2. The number of carbonyl (C=O) groups excluding carboxylic acids is 4. The molecule has 0 amide bonds. The molecule has 0 N–H and O–H groups in total. The molecule has 6 heteroatoms. The molecule has 28 heavy (non-hydrogen) atoms. The van der Waals surface area contributed by atoms with Crippen LogP contribution >= 0.6 is 0 Å². The van der Waals surface area contributed by atoms with Crippen molar-refractivity contribution in [1.82, 2.24) is 0 Å². The Morgan fingerprint density at radius 3 is 1.68 bits per heavy atom. The van der Waals surface area contributed by atoms with Crippen LogP contribution in [0.25, 0.3) is 0 Å². The standard InChI is InChI=1S/C22H32O6/c1-15(2)11-14-22(26)28-21(19(6)25)10-8-7-9-20(18(5)24)27-17(4)13-12-16(3)23/h7-8,20-21H,1,4,9-14H2,2-3,5-6H3/b8-7+/t20-,21-/m0/s1. The summed E-state index contributed by atoms with van der Waals surface area (Å²) in [5.74, 6) is -0.439. The van der Waals surface area contributed by atoms with Crippen molar-refractivity contribution in [1.29, 1.82) is 0 Å². The monoisotopic (exact) mass is 392 g/mol. The third kappa shape index (κ3) is 12.8. The minimum absolute atomic E-state index is 0.0251. The fourth-order valence-electron chi connectivity index (χ4n) is 2.14. The van der Waals surface area contributed by atoms with E-state index < -0.39 is 18.2 Å². The zero-order chi connectivity index (χ0) is 21.7. The van der Waals surface area contributed by atoms with E-state index >= 15 is 0 Å². The molecule has 0 aromatic heterocycles. The first-order chi connectivity index (χ1) is 13.0. The first kappa shape index (κ1) is 25.5. The Kier molecular flexibility index (Phi) is 12.4. The molecule has 0 fully saturated rings. The predicted octanol–water partition coefficient (Wildman–Crippen LogP) is 4.04. The highest BCUT2D eigenvalue weighted by Crippen LogP contribution is 2.13. The highest BCUT2D eigenvalue weighted by molar-refractivity contribution is 5.83. The molecule has 156 valence electrons. The highest BCUT2D eigenvalue weighted by atomic mass is 16.5. The zero-order valence-electron chi connectivity index (χ0n) is 17.4. The van der Waals surface area contributed by atoms with Crippen LogP contribution in [-0.4, -0.2) is 35.5 Å². The van der Waals surface area contributed by atoms with Gasteiger partial charge in [0.05, 0.1) is 5.76 Å². The molecule has 0 radical (unpaired) electrons. The van der Waals surface area contributed by atoms with E-state index in [0.717, 1.165) is 5.57 Å². The van der Waals surface area contributed by atoms with Crippen molar-refractivity contribution < 1.29 is 28.7 Å². The number of hydrogen-bond acceptors (Lipinski definition) is 6. The molecule has 0 aromatic carbocycles. The molecule has 0 bridgehead atoms. The third-order valence-corrected chi connectivity index (χ3v) is 3.87. The van der Waals surface area contributed by atoms with Crippen molar-refractivity contribution in [3.05, 3.63) is 36.6 Å². The molecule has 0 rings (SSSR count). The fourth-order valence-corrected chi connectivity index (χ4v) is 2.14. The number of ether oxygens (including phenoxy) is 2. The maximum atomic E-state index is 11.8.